The summed E-state index contributed by atoms with van der Waals surface area (Å²) in [5, 5.41) is 3.34. The molecule has 0 atom stereocenters. The van der Waals surface area contributed by atoms with E-state index in [4.69, 9.17) is 5.73 Å². The van der Waals surface area contributed by atoms with E-state index in [9.17, 15) is 0 Å². The first-order chi connectivity index (χ1) is 8.76. The predicted octanol–water partition coefficient (Wildman–Crippen LogP) is 0.334. The van der Waals surface area contributed by atoms with E-state index in [1.165, 1.54) is 5.56 Å². The maximum absolute atomic E-state index is 5.72. The monoisotopic (exact) mass is 245 g/mol. The summed E-state index contributed by atoms with van der Waals surface area (Å²) in [6, 6.07) is 4.17. The number of piperidine rings is 1. The molecule has 2 aliphatic heterocycles. The fourth-order valence-electron chi connectivity index (χ4n) is 2.76. The van der Waals surface area contributed by atoms with Gasteiger partial charge in [0.05, 0.1) is 12.1 Å². The molecule has 1 spiro atoms. The number of likely N-dealkylation sites (tertiary alicyclic amines) is 1. The van der Waals surface area contributed by atoms with Crippen molar-refractivity contribution in [1.29, 1.82) is 0 Å². The van der Waals surface area contributed by atoms with Gasteiger partial charge in [-0.1, -0.05) is 0 Å². The van der Waals surface area contributed by atoms with Crippen LogP contribution in [0, 0.1) is 0 Å². The molecule has 0 aromatic carbocycles. The standard InChI is InChI=1S/C13H19N5/c14-12-16-10-13(17-12)3-7-18(8-4-13)9-11-1-5-15-6-2-11/h1-2,5-6H,3-4,7-10H2,(H3,14,16,17). The molecule has 3 N–H and O–H groups in total. The minimum Gasteiger partial charge on any atom is -0.370 e. The van der Waals surface area contributed by atoms with Crippen LogP contribution in [0.2, 0.25) is 0 Å². The van der Waals surface area contributed by atoms with Crippen LogP contribution in [0.5, 0.6) is 0 Å². The first kappa shape index (κ1) is 11.5. The topological polar surface area (TPSA) is 66.5 Å². The molecule has 1 saturated heterocycles. The third-order valence-electron chi connectivity index (χ3n) is 3.91. The second-order valence-corrected chi connectivity index (χ2v) is 5.24. The van der Waals surface area contributed by atoms with E-state index in [0.29, 0.717) is 5.96 Å². The lowest BCUT2D eigenvalue weighted by Crippen LogP contribution is -2.54. The Kier molecular flexibility index (Phi) is 2.91. The average molecular weight is 245 g/mol. The Labute approximate surface area is 107 Å². The van der Waals surface area contributed by atoms with Crippen LogP contribution in [0.4, 0.5) is 0 Å². The highest BCUT2D eigenvalue weighted by Gasteiger charge is 2.37. The van der Waals surface area contributed by atoms with Gasteiger partial charge in [-0.05, 0) is 30.5 Å². The number of hydrogen-bond acceptors (Lipinski definition) is 5. The molecular weight excluding hydrogens is 226 g/mol. The van der Waals surface area contributed by atoms with Crippen molar-refractivity contribution in [3.63, 3.8) is 0 Å². The largest absolute Gasteiger partial charge is 0.370 e. The van der Waals surface area contributed by atoms with E-state index in [-0.39, 0.29) is 5.54 Å². The molecule has 1 fully saturated rings. The summed E-state index contributed by atoms with van der Waals surface area (Å²) in [4.78, 5) is 10.8. The molecule has 3 rings (SSSR count). The van der Waals surface area contributed by atoms with E-state index in [2.05, 4.69) is 32.3 Å². The fraction of sp³-hybridized carbons (Fsp3) is 0.538. The van der Waals surface area contributed by atoms with Crippen LogP contribution >= 0.6 is 0 Å². The van der Waals surface area contributed by atoms with Gasteiger partial charge in [-0.2, -0.15) is 0 Å². The number of rotatable bonds is 2. The molecule has 96 valence electrons. The van der Waals surface area contributed by atoms with Crippen LogP contribution in [0.1, 0.15) is 18.4 Å². The van der Waals surface area contributed by atoms with Gasteiger partial charge in [0.1, 0.15) is 0 Å². The third kappa shape index (κ3) is 2.31. The quantitative estimate of drug-likeness (QED) is 0.788. The van der Waals surface area contributed by atoms with Gasteiger partial charge in [-0.15, -0.1) is 0 Å². The van der Waals surface area contributed by atoms with Gasteiger partial charge >= 0.3 is 0 Å². The second kappa shape index (κ2) is 4.57. The highest BCUT2D eigenvalue weighted by atomic mass is 15.2. The molecule has 0 unspecified atom stereocenters. The Morgan fingerprint density at radius 1 is 1.28 bits per heavy atom. The molecular formula is C13H19N5. The first-order valence-electron chi connectivity index (χ1n) is 6.45. The average Bonchev–Trinajstić information content (AvgIpc) is 2.75. The van der Waals surface area contributed by atoms with E-state index in [1.54, 1.807) is 0 Å². The van der Waals surface area contributed by atoms with Gasteiger partial charge in [0.15, 0.2) is 5.96 Å². The molecule has 0 amide bonds. The third-order valence-corrected chi connectivity index (χ3v) is 3.91. The van der Waals surface area contributed by atoms with Gasteiger partial charge in [-0.25, -0.2) is 0 Å². The number of nitrogens with two attached hydrogens (primary N) is 1. The van der Waals surface area contributed by atoms with E-state index in [1.807, 2.05) is 12.4 Å². The molecule has 3 heterocycles. The molecule has 0 radical (unpaired) electrons. The molecule has 0 saturated carbocycles. The molecule has 1 aromatic heterocycles. The first-order valence-corrected chi connectivity index (χ1v) is 6.45. The Balaban J connectivity index is 1.55. The Morgan fingerprint density at radius 2 is 2.00 bits per heavy atom. The highest BCUT2D eigenvalue weighted by molar-refractivity contribution is 5.80. The number of pyridine rings is 1. The number of nitrogens with one attached hydrogen (secondary N) is 1. The van der Waals surface area contributed by atoms with Crippen molar-refractivity contribution in [1.82, 2.24) is 15.2 Å². The summed E-state index contributed by atoms with van der Waals surface area (Å²) in [7, 11) is 0. The lowest BCUT2D eigenvalue weighted by molar-refractivity contribution is 0.153. The minimum absolute atomic E-state index is 0.138. The van der Waals surface area contributed by atoms with Gasteiger partial charge in [0.2, 0.25) is 0 Å². The van der Waals surface area contributed by atoms with Crippen molar-refractivity contribution in [3.8, 4) is 0 Å². The van der Waals surface area contributed by atoms with Gasteiger partial charge < -0.3 is 11.1 Å². The zero-order valence-corrected chi connectivity index (χ0v) is 10.5. The SMILES string of the molecule is NC1=NCC2(CCN(Cc3ccncc3)CC2)N1. The zero-order valence-electron chi connectivity index (χ0n) is 10.5. The molecule has 5 heteroatoms. The molecule has 18 heavy (non-hydrogen) atoms. The Hall–Kier alpha value is -1.62. The van der Waals surface area contributed by atoms with Crippen LogP contribution < -0.4 is 11.1 Å². The van der Waals surface area contributed by atoms with Crippen LogP contribution in [0.3, 0.4) is 0 Å². The van der Waals surface area contributed by atoms with Crippen LogP contribution in [-0.2, 0) is 6.54 Å². The number of aliphatic imine (C=N–C) groups is 1. The van der Waals surface area contributed by atoms with Crippen molar-refractivity contribution in [2.45, 2.75) is 24.9 Å². The molecule has 0 aliphatic carbocycles. The zero-order chi connectivity index (χ0) is 12.4. The van der Waals surface area contributed by atoms with Crippen molar-refractivity contribution >= 4 is 5.96 Å². The van der Waals surface area contributed by atoms with E-state index < -0.39 is 0 Å². The van der Waals surface area contributed by atoms with Crippen LogP contribution in [0.15, 0.2) is 29.5 Å². The predicted molar refractivity (Wildman–Crippen MR) is 71.1 cm³/mol. The summed E-state index contributed by atoms with van der Waals surface area (Å²) in [6.45, 7) is 4.03. The number of guanidine groups is 1. The van der Waals surface area contributed by atoms with Crippen molar-refractivity contribution < 1.29 is 0 Å². The van der Waals surface area contributed by atoms with Gasteiger partial charge in [0.25, 0.3) is 0 Å². The smallest absolute Gasteiger partial charge is 0.189 e. The molecule has 2 aliphatic rings. The maximum atomic E-state index is 5.72. The van der Waals surface area contributed by atoms with Crippen molar-refractivity contribution in [2.24, 2.45) is 10.7 Å². The lowest BCUT2D eigenvalue weighted by atomic mass is 9.88. The molecule has 1 aromatic rings. The van der Waals surface area contributed by atoms with Crippen LogP contribution in [-0.4, -0.2) is 41.0 Å². The van der Waals surface area contributed by atoms with Crippen LogP contribution in [0.25, 0.3) is 0 Å². The van der Waals surface area contributed by atoms with Gasteiger partial charge in [-0.3, -0.25) is 14.9 Å². The Morgan fingerprint density at radius 3 is 2.61 bits per heavy atom. The van der Waals surface area contributed by atoms with Crippen molar-refractivity contribution in [3.05, 3.63) is 30.1 Å². The summed E-state index contributed by atoms with van der Waals surface area (Å²) in [5.41, 5.74) is 7.18. The lowest BCUT2D eigenvalue weighted by Gasteiger charge is -2.39. The normalized spacial score (nSPS) is 22.8. The second-order valence-electron chi connectivity index (χ2n) is 5.24. The number of aromatic nitrogens is 1. The van der Waals surface area contributed by atoms with Gasteiger partial charge in [0, 0.05) is 32.0 Å². The summed E-state index contributed by atoms with van der Waals surface area (Å²) < 4.78 is 0. The number of hydrogen-bond donors (Lipinski definition) is 2. The number of nitrogens with zero attached hydrogens (tertiary/aromatic N) is 3. The molecule has 0 bridgehead atoms. The minimum atomic E-state index is 0.138. The van der Waals surface area contributed by atoms with Crippen molar-refractivity contribution in [2.75, 3.05) is 19.6 Å². The summed E-state index contributed by atoms with van der Waals surface area (Å²) in [5.74, 6) is 0.609. The van der Waals surface area contributed by atoms with E-state index in [0.717, 1.165) is 39.0 Å². The summed E-state index contributed by atoms with van der Waals surface area (Å²) >= 11 is 0. The maximum Gasteiger partial charge on any atom is 0.189 e. The molecule has 5 nitrogen and oxygen atoms in total. The summed E-state index contributed by atoms with van der Waals surface area (Å²) in [6.07, 6.45) is 5.94. The fourth-order valence-corrected chi connectivity index (χ4v) is 2.76. The van der Waals surface area contributed by atoms with E-state index >= 15 is 0 Å². The highest BCUT2D eigenvalue weighted by Crippen LogP contribution is 2.26. The Bertz CT molecular complexity index is 434.